The van der Waals surface area contributed by atoms with Gasteiger partial charge in [-0.05, 0) is 43.7 Å². The zero-order valence-electron chi connectivity index (χ0n) is 13.4. The van der Waals surface area contributed by atoms with Crippen molar-refractivity contribution in [3.63, 3.8) is 0 Å². The van der Waals surface area contributed by atoms with Crippen LogP contribution in [-0.4, -0.2) is 37.5 Å². The van der Waals surface area contributed by atoms with Crippen LogP contribution in [0.25, 0.3) is 0 Å². The van der Waals surface area contributed by atoms with Gasteiger partial charge < -0.3 is 15.4 Å². The van der Waals surface area contributed by atoms with E-state index in [1.54, 1.807) is 6.92 Å². The molecule has 0 unspecified atom stereocenters. The Kier molecular flexibility index (Phi) is 6.15. The number of nitrogens with one attached hydrogen (secondary N) is 2. The van der Waals surface area contributed by atoms with Crippen LogP contribution in [0.15, 0.2) is 6.07 Å². The summed E-state index contributed by atoms with van der Waals surface area (Å²) < 4.78 is 5.01. The van der Waals surface area contributed by atoms with E-state index in [4.69, 9.17) is 4.74 Å². The molecular formula is C16H22N2O4S. The van der Waals surface area contributed by atoms with E-state index in [0.717, 1.165) is 19.3 Å². The van der Waals surface area contributed by atoms with Gasteiger partial charge in [-0.2, -0.15) is 0 Å². The monoisotopic (exact) mass is 338 g/mol. The van der Waals surface area contributed by atoms with Crippen molar-refractivity contribution in [3.05, 3.63) is 21.4 Å². The Morgan fingerprint density at radius 3 is 2.83 bits per heavy atom. The zero-order valence-corrected chi connectivity index (χ0v) is 14.3. The molecule has 1 atom stereocenters. The number of likely N-dealkylation sites (N-methyl/N-ethyl adjacent to an activating group) is 1. The Morgan fingerprint density at radius 1 is 1.30 bits per heavy atom. The van der Waals surface area contributed by atoms with Crippen molar-refractivity contribution < 1.29 is 19.1 Å². The van der Waals surface area contributed by atoms with Crippen LogP contribution in [0.1, 0.15) is 40.4 Å². The van der Waals surface area contributed by atoms with Gasteiger partial charge in [0, 0.05) is 11.4 Å². The summed E-state index contributed by atoms with van der Waals surface area (Å²) in [5.41, 5.74) is 1.22. The molecule has 0 fully saturated rings. The van der Waals surface area contributed by atoms with Gasteiger partial charge in [-0.3, -0.25) is 9.59 Å². The third-order valence-electron chi connectivity index (χ3n) is 3.68. The SMILES string of the molecule is CCNC(=O)CNC(=O)COC(=O)c1cc2c(s1)CC[C@@H](C)C2. The molecule has 2 amide bonds. The predicted molar refractivity (Wildman–Crippen MR) is 87.5 cm³/mol. The Morgan fingerprint density at radius 2 is 2.09 bits per heavy atom. The van der Waals surface area contributed by atoms with Crippen molar-refractivity contribution >= 4 is 29.1 Å². The number of carbonyl (C=O) groups is 3. The lowest BCUT2D eigenvalue weighted by Gasteiger charge is -2.16. The number of aryl methyl sites for hydroxylation is 1. The molecule has 0 saturated carbocycles. The molecule has 1 aromatic rings. The predicted octanol–water partition coefficient (Wildman–Crippen LogP) is 1.28. The Bertz CT molecular complexity index is 597. The van der Waals surface area contributed by atoms with Crippen LogP contribution >= 0.6 is 11.3 Å². The van der Waals surface area contributed by atoms with Gasteiger partial charge in [0.2, 0.25) is 5.91 Å². The molecule has 6 nitrogen and oxygen atoms in total. The molecule has 0 spiro atoms. The van der Waals surface area contributed by atoms with Gasteiger partial charge in [0.1, 0.15) is 4.88 Å². The average molecular weight is 338 g/mol. The number of hydrogen-bond acceptors (Lipinski definition) is 5. The zero-order chi connectivity index (χ0) is 16.8. The third-order valence-corrected chi connectivity index (χ3v) is 4.90. The first-order valence-electron chi connectivity index (χ1n) is 7.81. The molecule has 1 aliphatic rings. The van der Waals surface area contributed by atoms with E-state index in [0.29, 0.717) is 17.3 Å². The summed E-state index contributed by atoms with van der Waals surface area (Å²) in [6, 6.07) is 1.88. The number of fused-ring (bicyclic) bond motifs is 1. The van der Waals surface area contributed by atoms with Gasteiger partial charge in [0.15, 0.2) is 6.61 Å². The second-order valence-electron chi connectivity index (χ2n) is 5.71. The van der Waals surface area contributed by atoms with Crippen molar-refractivity contribution in [3.8, 4) is 0 Å². The Hall–Kier alpha value is -1.89. The molecular weight excluding hydrogens is 316 g/mol. The highest BCUT2D eigenvalue weighted by Crippen LogP contribution is 2.32. The standard InChI is InChI=1S/C16H22N2O4S/c1-3-17-14(19)8-18-15(20)9-22-16(21)13-7-11-6-10(2)4-5-12(11)23-13/h7,10H,3-6,8-9H2,1-2H3,(H,17,19)(H,18,20)/t10-/m1/s1. The summed E-state index contributed by atoms with van der Waals surface area (Å²) in [4.78, 5) is 36.6. The number of rotatable bonds is 6. The fraction of sp³-hybridized carbons (Fsp3) is 0.562. The first-order chi connectivity index (χ1) is 11.0. The summed E-state index contributed by atoms with van der Waals surface area (Å²) in [6.45, 7) is 4.01. The lowest BCUT2D eigenvalue weighted by Crippen LogP contribution is -2.38. The van der Waals surface area contributed by atoms with Crippen molar-refractivity contribution in [1.82, 2.24) is 10.6 Å². The van der Waals surface area contributed by atoms with Crippen LogP contribution in [0.5, 0.6) is 0 Å². The van der Waals surface area contributed by atoms with E-state index in [9.17, 15) is 14.4 Å². The Balaban J connectivity index is 1.79. The van der Waals surface area contributed by atoms with E-state index in [2.05, 4.69) is 17.6 Å². The summed E-state index contributed by atoms with van der Waals surface area (Å²) in [5, 5.41) is 4.97. The second kappa shape index (κ2) is 8.10. The highest BCUT2D eigenvalue weighted by atomic mass is 32.1. The van der Waals surface area contributed by atoms with Crippen LogP contribution < -0.4 is 10.6 Å². The van der Waals surface area contributed by atoms with E-state index in [1.807, 2.05) is 6.07 Å². The fourth-order valence-corrected chi connectivity index (χ4v) is 3.60. The van der Waals surface area contributed by atoms with Gasteiger partial charge in [-0.15, -0.1) is 11.3 Å². The summed E-state index contributed by atoms with van der Waals surface area (Å²) in [6.07, 6.45) is 3.14. The molecule has 7 heteroatoms. The topological polar surface area (TPSA) is 84.5 Å². The molecule has 2 N–H and O–H groups in total. The van der Waals surface area contributed by atoms with Gasteiger partial charge in [-0.1, -0.05) is 6.92 Å². The molecule has 0 bridgehead atoms. The van der Waals surface area contributed by atoms with Crippen LogP contribution in [0.4, 0.5) is 0 Å². The van der Waals surface area contributed by atoms with E-state index in [-0.39, 0.29) is 19.1 Å². The first-order valence-corrected chi connectivity index (χ1v) is 8.63. The van der Waals surface area contributed by atoms with E-state index < -0.39 is 11.9 Å². The summed E-state index contributed by atoms with van der Waals surface area (Å²) >= 11 is 1.45. The largest absolute Gasteiger partial charge is 0.451 e. The number of ether oxygens (including phenoxy) is 1. The second-order valence-corrected chi connectivity index (χ2v) is 6.85. The van der Waals surface area contributed by atoms with Gasteiger partial charge >= 0.3 is 5.97 Å². The number of amides is 2. The molecule has 0 aromatic carbocycles. The molecule has 1 heterocycles. The van der Waals surface area contributed by atoms with Crippen molar-refractivity contribution in [2.24, 2.45) is 5.92 Å². The van der Waals surface area contributed by atoms with Gasteiger partial charge in [-0.25, -0.2) is 4.79 Å². The van der Waals surface area contributed by atoms with Crippen LogP contribution in [0.2, 0.25) is 0 Å². The van der Waals surface area contributed by atoms with Crippen molar-refractivity contribution in [2.45, 2.75) is 33.1 Å². The average Bonchev–Trinajstić information content (AvgIpc) is 2.94. The van der Waals surface area contributed by atoms with Crippen LogP contribution in [-0.2, 0) is 27.2 Å². The van der Waals surface area contributed by atoms with E-state index >= 15 is 0 Å². The number of carbonyl (C=O) groups excluding carboxylic acids is 3. The summed E-state index contributed by atoms with van der Waals surface area (Å²) in [7, 11) is 0. The molecule has 23 heavy (non-hydrogen) atoms. The molecule has 1 aromatic heterocycles. The molecule has 0 saturated heterocycles. The summed E-state index contributed by atoms with van der Waals surface area (Å²) in [5.74, 6) is -0.599. The number of esters is 1. The molecule has 2 rings (SSSR count). The Labute approximate surface area is 139 Å². The van der Waals surface area contributed by atoms with Crippen LogP contribution in [0, 0.1) is 5.92 Å². The molecule has 1 aliphatic carbocycles. The maximum atomic E-state index is 12.0. The highest BCUT2D eigenvalue weighted by molar-refractivity contribution is 7.14. The maximum absolute atomic E-state index is 12.0. The molecule has 0 aliphatic heterocycles. The smallest absolute Gasteiger partial charge is 0.348 e. The first kappa shape index (κ1) is 17.5. The molecule has 0 radical (unpaired) electrons. The molecule has 126 valence electrons. The van der Waals surface area contributed by atoms with Crippen molar-refractivity contribution in [2.75, 3.05) is 19.7 Å². The minimum Gasteiger partial charge on any atom is -0.451 e. The van der Waals surface area contributed by atoms with Gasteiger partial charge in [0.25, 0.3) is 5.91 Å². The minimum atomic E-state index is -0.487. The normalized spacial score (nSPS) is 16.3. The van der Waals surface area contributed by atoms with Crippen LogP contribution in [0.3, 0.4) is 0 Å². The quantitative estimate of drug-likeness (QED) is 0.765. The minimum absolute atomic E-state index is 0.116. The lowest BCUT2D eigenvalue weighted by molar-refractivity contribution is -0.127. The van der Waals surface area contributed by atoms with Gasteiger partial charge in [0.05, 0.1) is 6.54 Å². The number of thiophene rings is 1. The number of hydrogen-bond donors (Lipinski definition) is 2. The third kappa shape index (κ3) is 5.06. The lowest BCUT2D eigenvalue weighted by atomic mass is 9.90. The van der Waals surface area contributed by atoms with Crippen molar-refractivity contribution in [1.29, 1.82) is 0 Å². The van der Waals surface area contributed by atoms with E-state index in [1.165, 1.54) is 21.8 Å². The highest BCUT2D eigenvalue weighted by Gasteiger charge is 2.21. The maximum Gasteiger partial charge on any atom is 0.348 e. The fourth-order valence-electron chi connectivity index (χ4n) is 2.50.